The molecule has 0 unspecified atom stereocenters. The number of nitrogens with zero attached hydrogens (tertiary/aromatic N) is 2. The average Bonchev–Trinajstić information content (AvgIpc) is 2.81. The minimum Gasteiger partial charge on any atom is -0.495 e. The first-order valence-electron chi connectivity index (χ1n) is 12.3. The summed E-state index contributed by atoms with van der Waals surface area (Å²) in [6, 6.07) is 11.1. The summed E-state index contributed by atoms with van der Waals surface area (Å²) in [4.78, 5) is 28.3. The first-order chi connectivity index (χ1) is 17.7. The van der Waals surface area contributed by atoms with E-state index in [-0.39, 0.29) is 37.7 Å². The van der Waals surface area contributed by atoms with Crippen LogP contribution in [0.25, 0.3) is 0 Å². The molecule has 1 atom stereocenters. The summed E-state index contributed by atoms with van der Waals surface area (Å²) >= 11 is 12.8. The number of hydrogen-bond acceptors (Lipinski definition) is 5. The standard InChI is InChI=1S/C27H37Cl2N3O5S/c1-7-22(26(34)30-27(2,3)4)31(18-19-20(28)12-10-13-21(19)29)25(33)16-11-17-32(38(6,35)36)23-14-8-9-15-24(23)37-5/h8-10,12-15,22H,7,11,16-18H2,1-6H3,(H,30,34)/t22-/m1/s1. The molecule has 0 spiro atoms. The monoisotopic (exact) mass is 585 g/mol. The molecule has 0 aliphatic rings. The lowest BCUT2D eigenvalue weighted by atomic mass is 10.0. The van der Waals surface area contributed by atoms with Crippen LogP contribution in [0.1, 0.15) is 52.5 Å². The zero-order valence-electron chi connectivity index (χ0n) is 22.8. The first kappa shape index (κ1) is 31.7. The van der Waals surface area contributed by atoms with Crippen LogP contribution in [0.2, 0.25) is 10.0 Å². The molecule has 0 bridgehead atoms. The SMILES string of the molecule is CC[C@H](C(=O)NC(C)(C)C)N(Cc1c(Cl)cccc1Cl)C(=O)CCCN(c1ccccc1OC)S(C)(=O)=O. The Morgan fingerprint density at radius 1 is 1.05 bits per heavy atom. The summed E-state index contributed by atoms with van der Waals surface area (Å²) in [6.45, 7) is 7.52. The number of benzene rings is 2. The van der Waals surface area contributed by atoms with Gasteiger partial charge in [0.15, 0.2) is 0 Å². The van der Waals surface area contributed by atoms with Crippen molar-refractivity contribution in [3.05, 3.63) is 58.1 Å². The van der Waals surface area contributed by atoms with E-state index in [0.717, 1.165) is 6.26 Å². The molecule has 0 saturated carbocycles. The molecular formula is C27H37Cl2N3O5S. The number of amides is 2. The van der Waals surface area contributed by atoms with E-state index in [2.05, 4.69) is 5.32 Å². The number of sulfonamides is 1. The van der Waals surface area contributed by atoms with Crippen LogP contribution in [0.5, 0.6) is 5.75 Å². The predicted molar refractivity (Wildman–Crippen MR) is 153 cm³/mol. The molecule has 0 fully saturated rings. The van der Waals surface area contributed by atoms with E-state index >= 15 is 0 Å². The second kappa shape index (κ2) is 13.5. The number of carbonyl (C=O) groups is 2. The molecule has 2 rings (SSSR count). The van der Waals surface area contributed by atoms with E-state index in [1.54, 1.807) is 42.5 Å². The van der Waals surface area contributed by atoms with Crippen LogP contribution < -0.4 is 14.4 Å². The Morgan fingerprint density at radius 3 is 2.18 bits per heavy atom. The highest BCUT2D eigenvalue weighted by molar-refractivity contribution is 7.92. The normalized spacial score (nSPS) is 12.5. The van der Waals surface area contributed by atoms with Gasteiger partial charge in [-0.1, -0.05) is 48.3 Å². The lowest BCUT2D eigenvalue weighted by Crippen LogP contribution is -2.53. The average molecular weight is 587 g/mol. The molecule has 2 aromatic rings. The van der Waals surface area contributed by atoms with Crippen LogP contribution in [-0.2, 0) is 26.2 Å². The van der Waals surface area contributed by atoms with E-state index in [4.69, 9.17) is 27.9 Å². The highest BCUT2D eigenvalue weighted by Crippen LogP contribution is 2.30. The number of rotatable bonds is 12. The van der Waals surface area contributed by atoms with E-state index in [1.165, 1.54) is 16.3 Å². The van der Waals surface area contributed by atoms with E-state index < -0.39 is 21.6 Å². The van der Waals surface area contributed by atoms with Crippen LogP contribution in [0.3, 0.4) is 0 Å². The van der Waals surface area contributed by atoms with Crippen molar-refractivity contribution in [2.45, 2.75) is 65.1 Å². The fourth-order valence-corrected chi connectivity index (χ4v) is 5.53. The molecule has 11 heteroatoms. The Balaban J connectivity index is 2.33. The Bertz CT molecular complexity index is 1210. The fourth-order valence-electron chi connectivity index (χ4n) is 4.04. The van der Waals surface area contributed by atoms with Crippen molar-refractivity contribution in [3.63, 3.8) is 0 Å². The van der Waals surface area contributed by atoms with Crippen molar-refractivity contribution in [3.8, 4) is 5.75 Å². The van der Waals surface area contributed by atoms with Crippen LogP contribution in [0.4, 0.5) is 5.69 Å². The maximum absolute atomic E-state index is 13.6. The Hall–Kier alpha value is -2.49. The van der Waals surface area contributed by atoms with Gasteiger partial charge in [-0.2, -0.15) is 0 Å². The van der Waals surface area contributed by atoms with Crippen molar-refractivity contribution in [2.24, 2.45) is 0 Å². The summed E-state index contributed by atoms with van der Waals surface area (Å²) < 4.78 is 31.7. The first-order valence-corrected chi connectivity index (χ1v) is 14.9. The van der Waals surface area contributed by atoms with E-state index in [9.17, 15) is 18.0 Å². The van der Waals surface area contributed by atoms with Crippen LogP contribution in [-0.4, -0.2) is 56.6 Å². The second-order valence-corrected chi connectivity index (χ2v) is 12.7. The summed E-state index contributed by atoms with van der Waals surface area (Å²) in [5.74, 6) is -0.196. The van der Waals surface area contributed by atoms with Crippen LogP contribution in [0, 0.1) is 0 Å². The topological polar surface area (TPSA) is 96.0 Å². The van der Waals surface area contributed by atoms with Gasteiger partial charge in [-0.05, 0) is 57.9 Å². The Kier molecular flexibility index (Phi) is 11.3. The molecule has 0 heterocycles. The predicted octanol–water partition coefficient (Wildman–Crippen LogP) is 5.27. The summed E-state index contributed by atoms with van der Waals surface area (Å²) in [7, 11) is -2.19. The Morgan fingerprint density at radius 2 is 1.66 bits per heavy atom. The number of nitrogens with one attached hydrogen (secondary N) is 1. The fraction of sp³-hybridized carbons (Fsp3) is 0.481. The van der Waals surface area contributed by atoms with Crippen molar-refractivity contribution < 1.29 is 22.7 Å². The molecule has 210 valence electrons. The van der Waals surface area contributed by atoms with Gasteiger partial charge in [-0.25, -0.2) is 8.42 Å². The molecule has 0 aliphatic carbocycles. The Labute approximate surface area is 236 Å². The number of para-hydroxylation sites is 2. The number of halogens is 2. The van der Waals surface area contributed by atoms with Crippen molar-refractivity contribution in [1.29, 1.82) is 0 Å². The summed E-state index contributed by atoms with van der Waals surface area (Å²) in [5.41, 5.74) is 0.435. The van der Waals surface area contributed by atoms with Gasteiger partial charge in [0.05, 0.1) is 19.1 Å². The van der Waals surface area contributed by atoms with Gasteiger partial charge >= 0.3 is 0 Å². The van der Waals surface area contributed by atoms with Crippen LogP contribution in [0.15, 0.2) is 42.5 Å². The zero-order chi connectivity index (χ0) is 28.7. The van der Waals surface area contributed by atoms with Crippen molar-refractivity contribution in [1.82, 2.24) is 10.2 Å². The highest BCUT2D eigenvalue weighted by atomic mass is 35.5. The third kappa shape index (κ3) is 8.78. The number of anilines is 1. The van der Waals surface area contributed by atoms with Gasteiger partial charge in [0.1, 0.15) is 11.8 Å². The maximum Gasteiger partial charge on any atom is 0.243 e. The molecule has 0 radical (unpaired) electrons. The molecule has 38 heavy (non-hydrogen) atoms. The number of carbonyl (C=O) groups excluding carboxylic acids is 2. The zero-order valence-corrected chi connectivity index (χ0v) is 25.1. The number of methoxy groups -OCH3 is 1. The van der Waals surface area contributed by atoms with E-state index in [0.29, 0.717) is 33.5 Å². The van der Waals surface area contributed by atoms with E-state index in [1.807, 2.05) is 27.7 Å². The van der Waals surface area contributed by atoms with Gasteiger partial charge < -0.3 is 15.0 Å². The second-order valence-electron chi connectivity index (χ2n) is 10.00. The molecule has 0 saturated heterocycles. The summed E-state index contributed by atoms with van der Waals surface area (Å²) in [5, 5.41) is 3.73. The highest BCUT2D eigenvalue weighted by Gasteiger charge is 2.31. The molecular weight excluding hydrogens is 549 g/mol. The minimum atomic E-state index is -3.65. The number of ether oxygens (including phenoxy) is 1. The van der Waals surface area contributed by atoms with Crippen molar-refractivity contribution in [2.75, 3.05) is 24.2 Å². The third-order valence-corrected chi connectivity index (χ3v) is 7.67. The van der Waals surface area contributed by atoms with Gasteiger partial charge in [0.25, 0.3) is 0 Å². The molecule has 0 aromatic heterocycles. The maximum atomic E-state index is 13.6. The van der Waals surface area contributed by atoms with Gasteiger partial charge in [-0.15, -0.1) is 0 Å². The lowest BCUT2D eigenvalue weighted by Gasteiger charge is -2.33. The minimum absolute atomic E-state index is 0.00252. The van der Waals surface area contributed by atoms with Gasteiger partial charge in [-0.3, -0.25) is 13.9 Å². The molecule has 0 aliphatic heterocycles. The molecule has 2 amide bonds. The van der Waals surface area contributed by atoms with Crippen molar-refractivity contribution >= 4 is 50.7 Å². The van der Waals surface area contributed by atoms with Gasteiger partial charge in [0, 0.05) is 40.7 Å². The molecule has 8 nitrogen and oxygen atoms in total. The molecule has 1 N–H and O–H groups in total. The number of hydrogen-bond donors (Lipinski definition) is 1. The lowest BCUT2D eigenvalue weighted by molar-refractivity contribution is -0.142. The van der Waals surface area contributed by atoms with Gasteiger partial charge in [0.2, 0.25) is 21.8 Å². The quantitative estimate of drug-likeness (QED) is 0.366. The summed E-state index contributed by atoms with van der Waals surface area (Å²) in [6.07, 6.45) is 1.69. The largest absolute Gasteiger partial charge is 0.495 e. The third-order valence-electron chi connectivity index (χ3n) is 5.78. The van der Waals surface area contributed by atoms with Crippen LogP contribution >= 0.6 is 23.2 Å². The smallest absolute Gasteiger partial charge is 0.243 e. The molecule has 2 aromatic carbocycles.